The van der Waals surface area contributed by atoms with Crippen molar-refractivity contribution in [2.75, 3.05) is 7.05 Å². The number of ether oxygens (including phenoxy) is 1. The number of hydrogen-bond donors (Lipinski definition) is 3. The van der Waals surface area contributed by atoms with E-state index in [4.69, 9.17) is 21.2 Å². The summed E-state index contributed by atoms with van der Waals surface area (Å²) in [5.41, 5.74) is 8.56. The average Bonchev–Trinajstić information content (AvgIpc) is 2.58. The van der Waals surface area contributed by atoms with Gasteiger partial charge in [-0.3, -0.25) is 9.83 Å². The second-order valence-corrected chi connectivity index (χ2v) is 7.25. The topological polar surface area (TPSA) is 94.9 Å². The Balaban J connectivity index is 1.69. The molecule has 5 N–H and O–H groups in total. The molecule has 2 atom stereocenters. The maximum absolute atomic E-state index is 6.22. The fourth-order valence-corrected chi connectivity index (χ4v) is 3.53. The molecule has 0 amide bonds. The number of nitrogens with two attached hydrogens (primary N) is 2. The quantitative estimate of drug-likeness (QED) is 0.431. The minimum absolute atomic E-state index is 0.00596. The molecule has 0 aromatic heterocycles. The summed E-state index contributed by atoms with van der Waals surface area (Å²) in [6.07, 6.45) is 3.73. The molecular formula is C18H28N4O2. The molecule has 0 spiro atoms. The fourth-order valence-electron chi connectivity index (χ4n) is 3.53. The zero-order chi connectivity index (χ0) is 17.3. The van der Waals surface area contributed by atoms with Gasteiger partial charge >= 0.3 is 0 Å². The zero-order valence-electron chi connectivity index (χ0n) is 14.7. The van der Waals surface area contributed by atoms with E-state index < -0.39 is 0 Å². The van der Waals surface area contributed by atoms with Crippen molar-refractivity contribution in [1.82, 2.24) is 5.32 Å². The molecule has 1 aliphatic heterocycles. The standard InChI is InChI=1S/C18H28N4O2/c1-11(24-20)15-6-4-12-8-13(5-7-16(12)23-15)17(19)22-14-9-18(2,10-14)21-3/h5,7-8,11,14-15,21H,4,6,9-10,20H2,1-3H3,(H2,19,22). The van der Waals surface area contributed by atoms with Crippen molar-refractivity contribution in [1.29, 1.82) is 0 Å². The van der Waals surface area contributed by atoms with E-state index in [0.29, 0.717) is 11.9 Å². The number of benzene rings is 1. The Labute approximate surface area is 143 Å². The van der Waals surface area contributed by atoms with E-state index >= 15 is 0 Å². The number of hydrogen-bond acceptors (Lipinski definition) is 5. The SMILES string of the molecule is CNC1(C)CC(N=C(N)c2ccc3c(c2)CCC(C(C)ON)O3)C1. The Morgan fingerprint density at radius 3 is 2.88 bits per heavy atom. The van der Waals surface area contributed by atoms with Crippen molar-refractivity contribution in [3.63, 3.8) is 0 Å². The number of nitrogens with zero attached hydrogens (tertiary/aromatic N) is 1. The maximum atomic E-state index is 6.22. The van der Waals surface area contributed by atoms with Crippen molar-refractivity contribution in [2.24, 2.45) is 16.6 Å². The van der Waals surface area contributed by atoms with Crippen molar-refractivity contribution in [3.8, 4) is 5.75 Å². The Bertz CT molecular complexity index is 625. The van der Waals surface area contributed by atoms with Gasteiger partial charge in [0.1, 0.15) is 23.8 Å². The minimum Gasteiger partial charge on any atom is -0.487 e. The minimum atomic E-state index is -0.121. The lowest BCUT2D eigenvalue weighted by Crippen LogP contribution is -2.53. The van der Waals surface area contributed by atoms with Gasteiger partial charge in [0.25, 0.3) is 0 Å². The van der Waals surface area contributed by atoms with E-state index in [1.165, 1.54) is 5.56 Å². The first kappa shape index (κ1) is 17.2. The van der Waals surface area contributed by atoms with Gasteiger partial charge in [-0.05, 0) is 70.3 Å². The molecule has 3 rings (SSSR count). The second-order valence-electron chi connectivity index (χ2n) is 7.25. The van der Waals surface area contributed by atoms with Gasteiger partial charge in [-0.1, -0.05) is 0 Å². The smallest absolute Gasteiger partial charge is 0.127 e. The summed E-state index contributed by atoms with van der Waals surface area (Å²) in [6.45, 7) is 4.14. The van der Waals surface area contributed by atoms with Crippen LogP contribution in [0.4, 0.5) is 0 Å². The first-order chi connectivity index (χ1) is 11.4. The molecule has 0 bridgehead atoms. The van der Waals surface area contributed by atoms with Crippen LogP contribution in [0.25, 0.3) is 0 Å². The molecule has 2 aliphatic rings. The van der Waals surface area contributed by atoms with E-state index in [2.05, 4.69) is 23.3 Å². The molecule has 1 aromatic carbocycles. The normalized spacial score (nSPS) is 30.9. The first-order valence-electron chi connectivity index (χ1n) is 8.62. The predicted octanol–water partition coefficient (Wildman–Crippen LogP) is 1.50. The van der Waals surface area contributed by atoms with E-state index in [1.54, 1.807) is 0 Å². The first-order valence-corrected chi connectivity index (χ1v) is 8.62. The van der Waals surface area contributed by atoms with Crippen LogP contribution in [0.15, 0.2) is 23.2 Å². The highest BCUT2D eigenvalue weighted by molar-refractivity contribution is 5.98. The summed E-state index contributed by atoms with van der Waals surface area (Å²) in [6, 6.07) is 6.35. The van der Waals surface area contributed by atoms with Crippen LogP contribution in [-0.4, -0.2) is 36.7 Å². The van der Waals surface area contributed by atoms with Crippen molar-refractivity contribution in [3.05, 3.63) is 29.3 Å². The third-order valence-electron chi connectivity index (χ3n) is 5.37. The number of aryl methyl sites for hydroxylation is 1. The van der Waals surface area contributed by atoms with Crippen molar-refractivity contribution >= 4 is 5.84 Å². The molecule has 1 heterocycles. The highest BCUT2D eigenvalue weighted by Crippen LogP contribution is 2.34. The van der Waals surface area contributed by atoms with Crippen LogP contribution in [0.2, 0.25) is 0 Å². The lowest BCUT2D eigenvalue weighted by atomic mass is 9.74. The lowest BCUT2D eigenvalue weighted by molar-refractivity contribution is -0.0238. The lowest BCUT2D eigenvalue weighted by Gasteiger charge is -2.43. The van der Waals surface area contributed by atoms with Crippen LogP contribution in [-0.2, 0) is 11.3 Å². The maximum Gasteiger partial charge on any atom is 0.127 e. The average molecular weight is 332 g/mol. The number of nitrogens with one attached hydrogen (secondary N) is 1. The summed E-state index contributed by atoms with van der Waals surface area (Å²) in [5.74, 6) is 6.76. The van der Waals surface area contributed by atoms with E-state index in [-0.39, 0.29) is 17.7 Å². The summed E-state index contributed by atoms with van der Waals surface area (Å²) in [4.78, 5) is 9.56. The molecular weight excluding hydrogens is 304 g/mol. The molecule has 6 nitrogen and oxygen atoms in total. The Morgan fingerprint density at radius 1 is 1.46 bits per heavy atom. The Hall–Kier alpha value is -1.63. The van der Waals surface area contributed by atoms with Gasteiger partial charge in [0, 0.05) is 11.1 Å². The van der Waals surface area contributed by atoms with Gasteiger partial charge in [-0.2, -0.15) is 0 Å². The summed E-state index contributed by atoms with van der Waals surface area (Å²) < 4.78 is 5.98. The molecule has 1 fully saturated rings. The molecule has 1 aromatic rings. The van der Waals surface area contributed by atoms with Gasteiger partial charge in [0.05, 0.1) is 6.04 Å². The van der Waals surface area contributed by atoms with E-state index in [0.717, 1.165) is 37.0 Å². The van der Waals surface area contributed by atoms with Gasteiger partial charge in [-0.25, -0.2) is 5.90 Å². The largest absolute Gasteiger partial charge is 0.487 e. The number of fused-ring (bicyclic) bond motifs is 1. The van der Waals surface area contributed by atoms with Gasteiger partial charge in [0.2, 0.25) is 0 Å². The fraction of sp³-hybridized carbons (Fsp3) is 0.611. The predicted molar refractivity (Wildman–Crippen MR) is 95.1 cm³/mol. The van der Waals surface area contributed by atoms with Crippen LogP contribution < -0.4 is 21.7 Å². The molecule has 2 unspecified atom stereocenters. The van der Waals surface area contributed by atoms with Crippen LogP contribution in [0, 0.1) is 0 Å². The van der Waals surface area contributed by atoms with Crippen molar-refractivity contribution < 1.29 is 9.57 Å². The van der Waals surface area contributed by atoms with Crippen LogP contribution in [0.1, 0.15) is 44.2 Å². The highest BCUT2D eigenvalue weighted by atomic mass is 16.6. The Kier molecular flexibility index (Phi) is 4.80. The van der Waals surface area contributed by atoms with Crippen LogP contribution in [0.5, 0.6) is 5.75 Å². The molecule has 24 heavy (non-hydrogen) atoms. The van der Waals surface area contributed by atoms with E-state index in [9.17, 15) is 0 Å². The number of aliphatic imine (C=N–C) groups is 1. The summed E-state index contributed by atoms with van der Waals surface area (Å²) >= 11 is 0. The molecule has 0 radical (unpaired) electrons. The van der Waals surface area contributed by atoms with Gasteiger partial charge in [0.15, 0.2) is 0 Å². The zero-order valence-corrected chi connectivity index (χ0v) is 14.7. The summed E-state index contributed by atoms with van der Waals surface area (Å²) in [5, 5.41) is 3.33. The van der Waals surface area contributed by atoms with Crippen LogP contribution in [0.3, 0.4) is 0 Å². The monoisotopic (exact) mass is 332 g/mol. The molecule has 132 valence electrons. The third kappa shape index (κ3) is 3.41. The Morgan fingerprint density at radius 2 is 2.21 bits per heavy atom. The van der Waals surface area contributed by atoms with Gasteiger partial charge < -0.3 is 15.8 Å². The molecule has 1 aliphatic carbocycles. The second kappa shape index (κ2) is 6.70. The molecule has 6 heteroatoms. The number of amidine groups is 1. The highest BCUT2D eigenvalue weighted by Gasteiger charge is 2.38. The summed E-state index contributed by atoms with van der Waals surface area (Å²) in [7, 11) is 2.00. The van der Waals surface area contributed by atoms with Gasteiger partial charge in [-0.15, -0.1) is 0 Å². The third-order valence-corrected chi connectivity index (χ3v) is 5.37. The molecule has 0 saturated heterocycles. The van der Waals surface area contributed by atoms with E-state index in [1.807, 2.05) is 26.1 Å². The molecule has 1 saturated carbocycles. The van der Waals surface area contributed by atoms with Crippen molar-refractivity contribution in [2.45, 2.75) is 63.3 Å². The van der Waals surface area contributed by atoms with Crippen LogP contribution >= 0.6 is 0 Å². The number of rotatable bonds is 5.